The van der Waals surface area contributed by atoms with Gasteiger partial charge in [0.05, 0.1) is 7.11 Å². The van der Waals surface area contributed by atoms with E-state index in [0.717, 1.165) is 50.7 Å². The standard InChI is InChI=1S/C19H34N4O/c1-6-20-19(21-13-7-15-23(3)4)22-14-12-16(2)17-8-10-18(24-5)11-9-17/h8-11,16H,6-7,12-15H2,1-5H3,(H2,20,21,22). The summed E-state index contributed by atoms with van der Waals surface area (Å²) in [6.45, 7) is 8.06. The zero-order valence-electron chi connectivity index (χ0n) is 15.9. The molecule has 1 aromatic rings. The molecular weight excluding hydrogens is 300 g/mol. The average molecular weight is 335 g/mol. The van der Waals surface area contributed by atoms with Crippen LogP contribution in [-0.2, 0) is 0 Å². The van der Waals surface area contributed by atoms with Gasteiger partial charge in [0.15, 0.2) is 5.96 Å². The quantitative estimate of drug-likeness (QED) is 0.392. The van der Waals surface area contributed by atoms with E-state index in [1.807, 2.05) is 12.1 Å². The predicted molar refractivity (Wildman–Crippen MR) is 103 cm³/mol. The largest absolute Gasteiger partial charge is 0.497 e. The molecule has 136 valence electrons. The number of benzene rings is 1. The number of guanidine groups is 1. The molecule has 1 unspecified atom stereocenters. The summed E-state index contributed by atoms with van der Waals surface area (Å²) in [5, 5.41) is 6.74. The molecule has 5 nitrogen and oxygen atoms in total. The van der Waals surface area contributed by atoms with Gasteiger partial charge < -0.3 is 20.3 Å². The van der Waals surface area contributed by atoms with E-state index in [4.69, 9.17) is 4.74 Å². The Morgan fingerprint density at radius 3 is 2.50 bits per heavy atom. The lowest BCUT2D eigenvalue weighted by Crippen LogP contribution is -2.38. The predicted octanol–water partition coefficient (Wildman–Crippen LogP) is 2.70. The van der Waals surface area contributed by atoms with E-state index in [2.05, 4.69) is 60.6 Å². The molecule has 0 aliphatic heterocycles. The lowest BCUT2D eigenvalue weighted by atomic mass is 9.98. The molecule has 0 saturated carbocycles. The molecular formula is C19H34N4O. The van der Waals surface area contributed by atoms with Gasteiger partial charge in [0, 0.05) is 19.6 Å². The Balaban J connectivity index is 2.38. The Bertz CT molecular complexity index is 471. The van der Waals surface area contributed by atoms with Crippen LogP contribution in [0, 0.1) is 0 Å². The van der Waals surface area contributed by atoms with Crippen molar-refractivity contribution in [2.75, 3.05) is 47.4 Å². The molecule has 0 aromatic heterocycles. The number of nitrogens with zero attached hydrogens (tertiary/aromatic N) is 2. The summed E-state index contributed by atoms with van der Waals surface area (Å²) in [5.41, 5.74) is 1.34. The Hall–Kier alpha value is -1.75. The van der Waals surface area contributed by atoms with Crippen molar-refractivity contribution in [1.82, 2.24) is 15.5 Å². The van der Waals surface area contributed by atoms with Crippen molar-refractivity contribution in [3.8, 4) is 5.75 Å². The van der Waals surface area contributed by atoms with Gasteiger partial charge in [-0.05, 0) is 64.0 Å². The normalized spacial score (nSPS) is 13.0. The summed E-state index contributed by atoms with van der Waals surface area (Å²) < 4.78 is 5.21. The molecule has 1 aromatic carbocycles. The SMILES string of the molecule is CCNC(=NCCCN(C)C)NCCC(C)c1ccc(OC)cc1. The first-order chi connectivity index (χ1) is 11.6. The summed E-state index contributed by atoms with van der Waals surface area (Å²) >= 11 is 0. The fourth-order valence-corrected chi connectivity index (χ4v) is 2.43. The Labute approximate surface area is 147 Å². The van der Waals surface area contributed by atoms with Crippen LogP contribution in [0.2, 0.25) is 0 Å². The second-order valence-corrected chi connectivity index (χ2v) is 6.31. The van der Waals surface area contributed by atoms with Crippen LogP contribution in [0.3, 0.4) is 0 Å². The summed E-state index contributed by atoms with van der Waals surface area (Å²) in [6, 6.07) is 8.33. The van der Waals surface area contributed by atoms with E-state index < -0.39 is 0 Å². The Morgan fingerprint density at radius 2 is 1.92 bits per heavy atom. The van der Waals surface area contributed by atoms with Crippen molar-refractivity contribution >= 4 is 5.96 Å². The van der Waals surface area contributed by atoms with Gasteiger partial charge in [-0.1, -0.05) is 19.1 Å². The molecule has 0 saturated heterocycles. The third-order valence-electron chi connectivity index (χ3n) is 3.93. The number of aliphatic imine (C=N–C) groups is 1. The summed E-state index contributed by atoms with van der Waals surface area (Å²) in [6.07, 6.45) is 2.14. The topological polar surface area (TPSA) is 48.9 Å². The second kappa shape index (κ2) is 11.7. The lowest BCUT2D eigenvalue weighted by molar-refractivity contribution is 0.403. The van der Waals surface area contributed by atoms with Crippen LogP contribution in [0.1, 0.15) is 38.2 Å². The minimum atomic E-state index is 0.500. The maximum absolute atomic E-state index is 5.21. The van der Waals surface area contributed by atoms with Crippen molar-refractivity contribution in [3.63, 3.8) is 0 Å². The van der Waals surface area contributed by atoms with Gasteiger partial charge in [0.25, 0.3) is 0 Å². The van der Waals surface area contributed by atoms with Crippen LogP contribution < -0.4 is 15.4 Å². The smallest absolute Gasteiger partial charge is 0.191 e. The van der Waals surface area contributed by atoms with Crippen LogP contribution >= 0.6 is 0 Å². The lowest BCUT2D eigenvalue weighted by Gasteiger charge is -2.15. The highest BCUT2D eigenvalue weighted by Gasteiger charge is 2.06. The van der Waals surface area contributed by atoms with Crippen LogP contribution in [0.4, 0.5) is 0 Å². The van der Waals surface area contributed by atoms with Gasteiger partial charge in [-0.2, -0.15) is 0 Å². The molecule has 1 rings (SSSR count). The molecule has 0 fully saturated rings. The van der Waals surface area contributed by atoms with Crippen molar-refractivity contribution < 1.29 is 4.74 Å². The van der Waals surface area contributed by atoms with Gasteiger partial charge in [0.1, 0.15) is 5.75 Å². The second-order valence-electron chi connectivity index (χ2n) is 6.31. The number of rotatable bonds is 10. The summed E-state index contributed by atoms with van der Waals surface area (Å²) in [7, 11) is 5.88. The Morgan fingerprint density at radius 1 is 1.21 bits per heavy atom. The third kappa shape index (κ3) is 8.20. The first-order valence-electron chi connectivity index (χ1n) is 8.87. The first-order valence-corrected chi connectivity index (χ1v) is 8.87. The van der Waals surface area contributed by atoms with Gasteiger partial charge in [-0.3, -0.25) is 4.99 Å². The molecule has 0 spiro atoms. The third-order valence-corrected chi connectivity index (χ3v) is 3.93. The zero-order chi connectivity index (χ0) is 17.8. The monoisotopic (exact) mass is 334 g/mol. The number of methoxy groups -OCH3 is 1. The Kier molecular flexibility index (Phi) is 9.92. The van der Waals surface area contributed by atoms with Crippen LogP contribution in [0.5, 0.6) is 5.75 Å². The van der Waals surface area contributed by atoms with Crippen LogP contribution in [0.15, 0.2) is 29.3 Å². The zero-order valence-corrected chi connectivity index (χ0v) is 15.9. The molecule has 0 aliphatic carbocycles. The minimum absolute atomic E-state index is 0.500. The number of hydrogen-bond acceptors (Lipinski definition) is 3. The van der Waals surface area contributed by atoms with E-state index >= 15 is 0 Å². The molecule has 0 aliphatic rings. The van der Waals surface area contributed by atoms with Crippen molar-refractivity contribution in [2.24, 2.45) is 4.99 Å². The molecule has 0 radical (unpaired) electrons. The van der Waals surface area contributed by atoms with E-state index in [0.29, 0.717) is 5.92 Å². The molecule has 0 bridgehead atoms. The summed E-state index contributed by atoms with van der Waals surface area (Å²) in [4.78, 5) is 6.82. The van der Waals surface area contributed by atoms with E-state index in [1.54, 1.807) is 7.11 Å². The first kappa shape index (κ1) is 20.3. The molecule has 2 N–H and O–H groups in total. The van der Waals surface area contributed by atoms with Crippen molar-refractivity contribution in [3.05, 3.63) is 29.8 Å². The summed E-state index contributed by atoms with van der Waals surface area (Å²) in [5.74, 6) is 2.32. The van der Waals surface area contributed by atoms with Crippen LogP contribution in [0.25, 0.3) is 0 Å². The molecule has 0 heterocycles. The van der Waals surface area contributed by atoms with Crippen LogP contribution in [-0.4, -0.2) is 58.2 Å². The molecule has 1 atom stereocenters. The number of ether oxygens (including phenoxy) is 1. The van der Waals surface area contributed by atoms with E-state index in [-0.39, 0.29) is 0 Å². The maximum atomic E-state index is 5.21. The number of hydrogen-bond donors (Lipinski definition) is 2. The van der Waals surface area contributed by atoms with Crippen molar-refractivity contribution in [2.45, 2.75) is 32.6 Å². The van der Waals surface area contributed by atoms with E-state index in [9.17, 15) is 0 Å². The van der Waals surface area contributed by atoms with E-state index in [1.165, 1.54) is 5.56 Å². The minimum Gasteiger partial charge on any atom is -0.497 e. The highest BCUT2D eigenvalue weighted by atomic mass is 16.5. The fourth-order valence-electron chi connectivity index (χ4n) is 2.43. The molecule has 5 heteroatoms. The highest BCUT2D eigenvalue weighted by Crippen LogP contribution is 2.21. The average Bonchev–Trinajstić information content (AvgIpc) is 2.58. The van der Waals surface area contributed by atoms with Gasteiger partial charge >= 0.3 is 0 Å². The van der Waals surface area contributed by atoms with Gasteiger partial charge in [0.2, 0.25) is 0 Å². The fraction of sp³-hybridized carbons (Fsp3) is 0.632. The van der Waals surface area contributed by atoms with Gasteiger partial charge in [-0.25, -0.2) is 0 Å². The highest BCUT2D eigenvalue weighted by molar-refractivity contribution is 5.79. The van der Waals surface area contributed by atoms with Gasteiger partial charge in [-0.15, -0.1) is 0 Å². The molecule has 24 heavy (non-hydrogen) atoms. The number of nitrogens with one attached hydrogen (secondary N) is 2. The molecule has 0 amide bonds. The maximum Gasteiger partial charge on any atom is 0.191 e. The van der Waals surface area contributed by atoms with Crippen molar-refractivity contribution in [1.29, 1.82) is 0 Å².